The molecule has 1 fully saturated rings. The van der Waals surface area contributed by atoms with E-state index in [1.165, 1.54) is 19.3 Å². The minimum atomic E-state index is 0.482. The normalized spacial score (nSPS) is 33.3. The zero-order chi connectivity index (χ0) is 8.10. The summed E-state index contributed by atoms with van der Waals surface area (Å²) in [6.07, 6.45) is 6.94. The molecule has 1 saturated carbocycles. The third kappa shape index (κ3) is 2.80. The van der Waals surface area contributed by atoms with Crippen molar-refractivity contribution in [1.82, 2.24) is 0 Å². The molecule has 0 spiro atoms. The van der Waals surface area contributed by atoms with Gasteiger partial charge in [-0.05, 0) is 32.1 Å². The van der Waals surface area contributed by atoms with Gasteiger partial charge in [-0.15, -0.1) is 0 Å². The van der Waals surface area contributed by atoms with Crippen LogP contribution in [-0.4, -0.2) is 26.4 Å². The van der Waals surface area contributed by atoms with Crippen LogP contribution in [0.5, 0.6) is 0 Å². The third-order valence-corrected chi connectivity index (χ3v) is 2.53. The molecule has 2 heteroatoms. The first-order chi connectivity index (χ1) is 5.36. The topological polar surface area (TPSA) is 18.5 Å². The Morgan fingerprint density at radius 1 is 0.818 bits per heavy atom. The molecule has 1 rings (SSSR count). The highest BCUT2D eigenvalue weighted by Crippen LogP contribution is 2.21. The molecule has 0 radical (unpaired) electrons. The second kappa shape index (κ2) is 4.73. The number of methoxy groups -OCH3 is 2. The van der Waals surface area contributed by atoms with Gasteiger partial charge >= 0.3 is 0 Å². The molecule has 0 heterocycles. The van der Waals surface area contributed by atoms with Crippen molar-refractivity contribution < 1.29 is 9.47 Å². The Bertz CT molecular complexity index is 91.7. The average Bonchev–Trinajstić information content (AvgIpc) is 2.28. The number of ether oxygens (including phenoxy) is 2. The van der Waals surface area contributed by atoms with Crippen molar-refractivity contribution in [3.63, 3.8) is 0 Å². The first-order valence-electron chi connectivity index (χ1n) is 4.42. The van der Waals surface area contributed by atoms with Crippen molar-refractivity contribution in [1.29, 1.82) is 0 Å². The largest absolute Gasteiger partial charge is 0.381 e. The molecule has 2 unspecified atom stereocenters. The summed E-state index contributed by atoms with van der Waals surface area (Å²) in [6, 6.07) is 0. The van der Waals surface area contributed by atoms with Crippen LogP contribution in [0.3, 0.4) is 0 Å². The maximum Gasteiger partial charge on any atom is 0.0572 e. The van der Waals surface area contributed by atoms with Crippen LogP contribution in [0, 0.1) is 0 Å². The summed E-state index contributed by atoms with van der Waals surface area (Å²) in [4.78, 5) is 0. The Hall–Kier alpha value is -0.0800. The second-order valence-corrected chi connectivity index (χ2v) is 3.22. The minimum absolute atomic E-state index is 0.482. The van der Waals surface area contributed by atoms with Gasteiger partial charge in [-0.25, -0.2) is 0 Å². The molecule has 66 valence electrons. The zero-order valence-corrected chi connectivity index (χ0v) is 7.51. The predicted octanol–water partition coefficient (Wildman–Crippen LogP) is 1.98. The van der Waals surface area contributed by atoms with Gasteiger partial charge < -0.3 is 9.47 Å². The molecule has 0 saturated heterocycles. The van der Waals surface area contributed by atoms with Crippen LogP contribution >= 0.6 is 0 Å². The second-order valence-electron chi connectivity index (χ2n) is 3.22. The van der Waals surface area contributed by atoms with Crippen LogP contribution < -0.4 is 0 Å². The molecule has 2 nitrogen and oxygen atoms in total. The van der Waals surface area contributed by atoms with Crippen LogP contribution in [0.15, 0.2) is 0 Å². The van der Waals surface area contributed by atoms with E-state index in [1.807, 2.05) is 0 Å². The molecule has 0 N–H and O–H groups in total. The fourth-order valence-corrected chi connectivity index (χ4v) is 1.71. The van der Waals surface area contributed by atoms with Gasteiger partial charge in [0.2, 0.25) is 0 Å². The Labute approximate surface area is 68.9 Å². The van der Waals surface area contributed by atoms with E-state index in [2.05, 4.69) is 0 Å². The van der Waals surface area contributed by atoms with E-state index < -0.39 is 0 Å². The predicted molar refractivity (Wildman–Crippen MR) is 44.7 cm³/mol. The number of hydrogen-bond donors (Lipinski definition) is 0. The molecule has 0 aromatic rings. The lowest BCUT2D eigenvalue weighted by molar-refractivity contribution is 0.0696. The highest BCUT2D eigenvalue weighted by Gasteiger charge is 2.17. The van der Waals surface area contributed by atoms with E-state index >= 15 is 0 Å². The third-order valence-electron chi connectivity index (χ3n) is 2.53. The molecular weight excluding hydrogens is 140 g/mol. The molecule has 2 atom stereocenters. The van der Waals surface area contributed by atoms with E-state index in [4.69, 9.17) is 9.47 Å². The molecule has 0 aliphatic heterocycles. The van der Waals surface area contributed by atoms with Gasteiger partial charge in [-0.1, -0.05) is 0 Å². The quantitative estimate of drug-likeness (QED) is 0.572. The van der Waals surface area contributed by atoms with Crippen molar-refractivity contribution in [2.75, 3.05) is 14.2 Å². The highest BCUT2D eigenvalue weighted by molar-refractivity contribution is 4.69. The smallest absolute Gasteiger partial charge is 0.0572 e. The van der Waals surface area contributed by atoms with E-state index in [1.54, 1.807) is 14.2 Å². The van der Waals surface area contributed by atoms with Gasteiger partial charge in [-0.3, -0.25) is 0 Å². The van der Waals surface area contributed by atoms with E-state index in [0.717, 1.165) is 12.8 Å². The number of hydrogen-bond acceptors (Lipinski definition) is 2. The molecule has 1 aliphatic rings. The van der Waals surface area contributed by atoms with Crippen molar-refractivity contribution in [3.8, 4) is 0 Å². The first kappa shape index (κ1) is 9.01. The molecule has 0 aromatic carbocycles. The van der Waals surface area contributed by atoms with Gasteiger partial charge in [0.15, 0.2) is 0 Å². The Kier molecular flexibility index (Phi) is 3.87. The van der Waals surface area contributed by atoms with Crippen LogP contribution in [0.1, 0.15) is 32.1 Å². The van der Waals surface area contributed by atoms with Crippen molar-refractivity contribution >= 4 is 0 Å². The van der Waals surface area contributed by atoms with E-state index in [9.17, 15) is 0 Å². The summed E-state index contributed by atoms with van der Waals surface area (Å²) in [5.41, 5.74) is 0. The van der Waals surface area contributed by atoms with Crippen molar-refractivity contribution in [2.24, 2.45) is 0 Å². The van der Waals surface area contributed by atoms with Crippen LogP contribution in [0.25, 0.3) is 0 Å². The summed E-state index contributed by atoms with van der Waals surface area (Å²) >= 11 is 0. The summed E-state index contributed by atoms with van der Waals surface area (Å²) in [5.74, 6) is 0. The molecule has 0 aromatic heterocycles. The maximum absolute atomic E-state index is 5.31. The monoisotopic (exact) mass is 158 g/mol. The Balaban J connectivity index is 2.27. The van der Waals surface area contributed by atoms with E-state index in [-0.39, 0.29) is 0 Å². The fraction of sp³-hybridized carbons (Fsp3) is 1.00. The van der Waals surface area contributed by atoms with Gasteiger partial charge in [-0.2, -0.15) is 0 Å². The Morgan fingerprint density at radius 3 is 1.64 bits per heavy atom. The summed E-state index contributed by atoms with van der Waals surface area (Å²) in [6.45, 7) is 0. The molecule has 0 bridgehead atoms. The van der Waals surface area contributed by atoms with Crippen LogP contribution in [0.2, 0.25) is 0 Å². The van der Waals surface area contributed by atoms with Gasteiger partial charge in [0.05, 0.1) is 12.2 Å². The minimum Gasteiger partial charge on any atom is -0.381 e. The molecular formula is C9H18O2. The standard InChI is InChI=1S/C9H18O2/c1-10-8-4-3-5-9(11-2)7-6-8/h8-9H,3-7H2,1-2H3. The maximum atomic E-state index is 5.31. The Morgan fingerprint density at radius 2 is 1.27 bits per heavy atom. The van der Waals surface area contributed by atoms with Crippen molar-refractivity contribution in [3.05, 3.63) is 0 Å². The van der Waals surface area contributed by atoms with E-state index in [0.29, 0.717) is 12.2 Å². The molecule has 1 aliphatic carbocycles. The molecule has 0 amide bonds. The summed E-state index contributed by atoms with van der Waals surface area (Å²) in [5, 5.41) is 0. The summed E-state index contributed by atoms with van der Waals surface area (Å²) < 4.78 is 10.6. The lowest BCUT2D eigenvalue weighted by Gasteiger charge is -2.12. The summed E-state index contributed by atoms with van der Waals surface area (Å²) in [7, 11) is 3.61. The highest BCUT2D eigenvalue weighted by atomic mass is 16.5. The molecule has 11 heavy (non-hydrogen) atoms. The SMILES string of the molecule is COC1CCCC(OC)CC1. The zero-order valence-electron chi connectivity index (χ0n) is 7.51. The number of rotatable bonds is 2. The van der Waals surface area contributed by atoms with Gasteiger partial charge in [0.1, 0.15) is 0 Å². The fourth-order valence-electron chi connectivity index (χ4n) is 1.71. The lowest BCUT2D eigenvalue weighted by Crippen LogP contribution is -2.11. The van der Waals surface area contributed by atoms with Crippen LogP contribution in [-0.2, 0) is 9.47 Å². The van der Waals surface area contributed by atoms with Crippen LogP contribution in [0.4, 0.5) is 0 Å². The first-order valence-corrected chi connectivity index (χ1v) is 4.42. The average molecular weight is 158 g/mol. The lowest BCUT2D eigenvalue weighted by atomic mass is 10.1. The van der Waals surface area contributed by atoms with Gasteiger partial charge in [0, 0.05) is 14.2 Å². The van der Waals surface area contributed by atoms with Crippen molar-refractivity contribution in [2.45, 2.75) is 44.3 Å². The van der Waals surface area contributed by atoms with Gasteiger partial charge in [0.25, 0.3) is 0 Å².